The molecule has 0 radical (unpaired) electrons. The Balaban J connectivity index is 2.00. The van der Waals surface area contributed by atoms with Crippen LogP contribution >= 0.6 is 11.8 Å². The maximum absolute atomic E-state index is 12.1. The van der Waals surface area contributed by atoms with Crippen molar-refractivity contribution in [3.8, 4) is 5.75 Å². The summed E-state index contributed by atoms with van der Waals surface area (Å²) in [6.07, 6.45) is -3.81. The Hall–Kier alpha value is -1.74. The SMILES string of the molecule is CCCn1c(CO)nnc1SCc1ccc(OC(F)(F)F)cc1. The molecule has 0 saturated carbocycles. The zero-order chi connectivity index (χ0) is 16.9. The summed E-state index contributed by atoms with van der Waals surface area (Å²) in [5, 5.41) is 17.8. The van der Waals surface area contributed by atoms with Gasteiger partial charge in [0, 0.05) is 12.3 Å². The van der Waals surface area contributed by atoms with Gasteiger partial charge in [0.05, 0.1) is 0 Å². The van der Waals surface area contributed by atoms with Crippen LogP contribution in [0.3, 0.4) is 0 Å². The van der Waals surface area contributed by atoms with Gasteiger partial charge in [-0.25, -0.2) is 0 Å². The van der Waals surface area contributed by atoms with Gasteiger partial charge in [0.25, 0.3) is 0 Å². The van der Waals surface area contributed by atoms with Crippen molar-refractivity contribution in [3.05, 3.63) is 35.7 Å². The summed E-state index contributed by atoms with van der Waals surface area (Å²) >= 11 is 1.41. The van der Waals surface area contributed by atoms with Crippen molar-refractivity contribution < 1.29 is 23.0 Å². The molecule has 1 N–H and O–H groups in total. The molecule has 1 aromatic carbocycles. The monoisotopic (exact) mass is 347 g/mol. The van der Waals surface area contributed by atoms with E-state index in [0.717, 1.165) is 12.0 Å². The Morgan fingerprint density at radius 1 is 1.22 bits per heavy atom. The van der Waals surface area contributed by atoms with Crippen LogP contribution in [0, 0.1) is 0 Å². The number of thioether (sulfide) groups is 1. The van der Waals surface area contributed by atoms with Crippen LogP contribution in [0.15, 0.2) is 29.4 Å². The lowest BCUT2D eigenvalue weighted by atomic mass is 10.2. The van der Waals surface area contributed by atoms with Crippen molar-refractivity contribution in [1.29, 1.82) is 0 Å². The largest absolute Gasteiger partial charge is 0.573 e. The normalized spacial score (nSPS) is 11.7. The summed E-state index contributed by atoms with van der Waals surface area (Å²) in [7, 11) is 0. The van der Waals surface area contributed by atoms with Crippen molar-refractivity contribution in [1.82, 2.24) is 14.8 Å². The Bertz CT molecular complexity index is 629. The fourth-order valence-corrected chi connectivity index (χ4v) is 2.87. The van der Waals surface area contributed by atoms with E-state index in [1.54, 1.807) is 12.1 Å². The summed E-state index contributed by atoms with van der Waals surface area (Å²) in [5.74, 6) is 0.783. The molecule has 0 amide bonds. The second kappa shape index (κ2) is 7.69. The number of nitrogens with zero attached hydrogens (tertiary/aromatic N) is 3. The van der Waals surface area contributed by atoms with Crippen LogP contribution in [-0.4, -0.2) is 26.2 Å². The van der Waals surface area contributed by atoms with E-state index in [2.05, 4.69) is 14.9 Å². The third-order valence-electron chi connectivity index (χ3n) is 2.91. The van der Waals surface area contributed by atoms with Crippen LogP contribution in [0.2, 0.25) is 0 Å². The molecule has 0 bridgehead atoms. The first kappa shape index (κ1) is 17.6. The third-order valence-corrected chi connectivity index (χ3v) is 3.94. The number of ether oxygens (including phenoxy) is 1. The molecule has 0 aliphatic heterocycles. The molecule has 1 heterocycles. The number of rotatable bonds is 7. The summed E-state index contributed by atoms with van der Waals surface area (Å²) in [6, 6.07) is 5.70. The van der Waals surface area contributed by atoms with E-state index in [9.17, 15) is 18.3 Å². The van der Waals surface area contributed by atoms with E-state index in [4.69, 9.17) is 0 Å². The van der Waals surface area contributed by atoms with Crippen LogP contribution in [0.5, 0.6) is 5.75 Å². The summed E-state index contributed by atoms with van der Waals surface area (Å²) in [6.45, 7) is 2.52. The lowest BCUT2D eigenvalue weighted by molar-refractivity contribution is -0.274. The van der Waals surface area contributed by atoms with Gasteiger partial charge >= 0.3 is 6.36 Å². The quantitative estimate of drug-likeness (QED) is 0.778. The van der Waals surface area contributed by atoms with E-state index in [1.807, 2.05) is 11.5 Å². The highest BCUT2D eigenvalue weighted by molar-refractivity contribution is 7.98. The molecule has 0 aliphatic carbocycles. The average Bonchev–Trinajstić information content (AvgIpc) is 2.87. The smallest absolute Gasteiger partial charge is 0.406 e. The van der Waals surface area contributed by atoms with E-state index in [0.29, 0.717) is 23.3 Å². The maximum atomic E-state index is 12.1. The highest BCUT2D eigenvalue weighted by Crippen LogP contribution is 2.26. The molecular formula is C14H16F3N3O2S. The van der Waals surface area contributed by atoms with Gasteiger partial charge < -0.3 is 14.4 Å². The van der Waals surface area contributed by atoms with Crippen molar-refractivity contribution in [2.75, 3.05) is 0 Å². The number of alkyl halides is 3. The molecule has 5 nitrogen and oxygen atoms in total. The van der Waals surface area contributed by atoms with Gasteiger partial charge in [0.2, 0.25) is 0 Å². The fraction of sp³-hybridized carbons (Fsp3) is 0.429. The van der Waals surface area contributed by atoms with Crippen LogP contribution < -0.4 is 4.74 Å². The number of hydrogen-bond donors (Lipinski definition) is 1. The van der Waals surface area contributed by atoms with Crippen LogP contribution in [-0.2, 0) is 18.9 Å². The molecule has 23 heavy (non-hydrogen) atoms. The number of benzene rings is 1. The second-order valence-electron chi connectivity index (χ2n) is 4.69. The van der Waals surface area contributed by atoms with Crippen LogP contribution in [0.4, 0.5) is 13.2 Å². The summed E-state index contributed by atoms with van der Waals surface area (Å²) in [4.78, 5) is 0. The Labute approximate surface area is 135 Å². The number of hydrogen-bond acceptors (Lipinski definition) is 5. The third kappa shape index (κ3) is 5.14. The number of halogens is 3. The predicted molar refractivity (Wildman–Crippen MR) is 78.9 cm³/mol. The van der Waals surface area contributed by atoms with Crippen LogP contribution in [0.25, 0.3) is 0 Å². The number of aromatic nitrogens is 3. The minimum absolute atomic E-state index is 0.183. The molecule has 0 fully saturated rings. The molecule has 126 valence electrons. The Morgan fingerprint density at radius 2 is 1.91 bits per heavy atom. The van der Waals surface area contributed by atoms with E-state index < -0.39 is 6.36 Å². The molecule has 2 aromatic rings. The van der Waals surface area contributed by atoms with Gasteiger partial charge in [-0.2, -0.15) is 0 Å². The first-order chi connectivity index (χ1) is 10.9. The van der Waals surface area contributed by atoms with E-state index in [-0.39, 0.29) is 12.4 Å². The lowest BCUT2D eigenvalue weighted by Crippen LogP contribution is -2.16. The second-order valence-corrected chi connectivity index (χ2v) is 5.63. The van der Waals surface area contributed by atoms with E-state index in [1.165, 1.54) is 23.9 Å². The number of aliphatic hydroxyl groups is 1. The summed E-state index contributed by atoms with van der Waals surface area (Å²) in [5.41, 5.74) is 0.834. The molecule has 0 spiro atoms. The van der Waals surface area contributed by atoms with Gasteiger partial charge in [0.15, 0.2) is 11.0 Å². The molecule has 0 unspecified atom stereocenters. The van der Waals surface area contributed by atoms with Crippen molar-refractivity contribution in [2.45, 2.75) is 43.8 Å². The maximum Gasteiger partial charge on any atom is 0.573 e. The van der Waals surface area contributed by atoms with Crippen molar-refractivity contribution in [3.63, 3.8) is 0 Å². The van der Waals surface area contributed by atoms with Crippen molar-refractivity contribution >= 4 is 11.8 Å². The molecule has 1 aromatic heterocycles. The van der Waals surface area contributed by atoms with Crippen molar-refractivity contribution in [2.24, 2.45) is 0 Å². The zero-order valence-electron chi connectivity index (χ0n) is 12.4. The first-order valence-electron chi connectivity index (χ1n) is 6.93. The minimum Gasteiger partial charge on any atom is -0.406 e. The van der Waals surface area contributed by atoms with Gasteiger partial charge in [0.1, 0.15) is 12.4 Å². The Morgan fingerprint density at radius 3 is 2.48 bits per heavy atom. The van der Waals surface area contributed by atoms with Gasteiger partial charge in [-0.05, 0) is 24.1 Å². The number of aliphatic hydroxyl groups excluding tert-OH is 1. The molecule has 0 saturated heterocycles. The minimum atomic E-state index is -4.69. The summed E-state index contributed by atoms with van der Waals surface area (Å²) < 4.78 is 42.0. The van der Waals surface area contributed by atoms with Gasteiger partial charge in [-0.1, -0.05) is 30.8 Å². The predicted octanol–water partition coefficient (Wildman–Crippen LogP) is 3.37. The lowest BCUT2D eigenvalue weighted by Gasteiger charge is -2.09. The topological polar surface area (TPSA) is 60.2 Å². The molecule has 9 heteroatoms. The standard InChI is InChI=1S/C14H16F3N3O2S/c1-2-7-20-12(8-21)18-19-13(20)23-9-10-3-5-11(6-4-10)22-14(15,16)17/h3-6,21H,2,7-9H2,1H3. The highest BCUT2D eigenvalue weighted by atomic mass is 32.2. The average molecular weight is 347 g/mol. The van der Waals surface area contributed by atoms with Gasteiger partial charge in [-0.3, -0.25) is 0 Å². The molecule has 0 atom stereocenters. The van der Waals surface area contributed by atoms with E-state index >= 15 is 0 Å². The fourth-order valence-electron chi connectivity index (χ4n) is 1.93. The molecule has 2 rings (SSSR count). The zero-order valence-corrected chi connectivity index (χ0v) is 13.2. The highest BCUT2D eigenvalue weighted by Gasteiger charge is 2.30. The molecular weight excluding hydrogens is 331 g/mol. The van der Waals surface area contributed by atoms with Crippen LogP contribution in [0.1, 0.15) is 24.7 Å². The first-order valence-corrected chi connectivity index (χ1v) is 7.92. The van der Waals surface area contributed by atoms with Gasteiger partial charge in [-0.15, -0.1) is 23.4 Å². The molecule has 0 aliphatic rings. The Kier molecular flexibility index (Phi) is 5.89.